The van der Waals surface area contributed by atoms with Crippen molar-refractivity contribution in [2.45, 2.75) is 19.1 Å². The van der Waals surface area contributed by atoms with Crippen LogP contribution in [0.1, 0.15) is 24.1 Å². The summed E-state index contributed by atoms with van der Waals surface area (Å²) in [6, 6.07) is 3.26. The average Bonchev–Trinajstić information content (AvgIpc) is 2.27. The summed E-state index contributed by atoms with van der Waals surface area (Å²) in [4.78, 5) is 11.3. The number of halogens is 3. The number of hydrogen-bond donors (Lipinski definition) is 1. The van der Waals surface area contributed by atoms with Crippen LogP contribution in [0, 0.1) is 0 Å². The number of carbonyl (C=O) groups is 1. The molecule has 0 aromatic heterocycles. The molecule has 1 aromatic carbocycles. The van der Waals surface area contributed by atoms with Crippen molar-refractivity contribution in [2.24, 2.45) is 5.73 Å². The molecule has 0 amide bonds. The van der Waals surface area contributed by atoms with Crippen LogP contribution in [0.4, 0.5) is 13.2 Å². The second-order valence-corrected chi connectivity index (χ2v) is 3.31. The van der Waals surface area contributed by atoms with E-state index in [-0.39, 0.29) is 12.2 Å². The summed E-state index contributed by atoms with van der Waals surface area (Å²) < 4.78 is 42.5. The third-order valence-electron chi connectivity index (χ3n) is 2.14. The number of benzene rings is 1. The number of nitrogens with two attached hydrogens (primary N) is 1. The molecule has 1 unspecified atom stereocenters. The lowest BCUT2D eigenvalue weighted by atomic mass is 10.0. The second-order valence-electron chi connectivity index (χ2n) is 3.31. The molecule has 0 heterocycles. The molecule has 1 aromatic rings. The highest BCUT2D eigenvalue weighted by Crippen LogP contribution is 2.34. The minimum atomic E-state index is -4.54. The maximum Gasteiger partial charge on any atom is 0.416 e. The van der Waals surface area contributed by atoms with E-state index in [0.29, 0.717) is 0 Å². The van der Waals surface area contributed by atoms with E-state index >= 15 is 0 Å². The van der Waals surface area contributed by atoms with Gasteiger partial charge in [-0.3, -0.25) is 0 Å². The molecule has 1 atom stereocenters. The molecule has 94 valence electrons. The van der Waals surface area contributed by atoms with Crippen molar-refractivity contribution in [3.8, 4) is 0 Å². The van der Waals surface area contributed by atoms with E-state index in [9.17, 15) is 18.0 Å². The third-order valence-corrected chi connectivity index (χ3v) is 2.14. The van der Waals surface area contributed by atoms with Crippen molar-refractivity contribution in [3.63, 3.8) is 0 Å². The van der Waals surface area contributed by atoms with Crippen LogP contribution in [0.2, 0.25) is 0 Å². The second kappa shape index (κ2) is 5.18. The van der Waals surface area contributed by atoms with Gasteiger partial charge < -0.3 is 10.5 Å². The smallest absolute Gasteiger partial charge is 0.416 e. The van der Waals surface area contributed by atoms with Crippen molar-refractivity contribution in [3.05, 3.63) is 35.4 Å². The van der Waals surface area contributed by atoms with Crippen LogP contribution in [0.15, 0.2) is 24.3 Å². The van der Waals surface area contributed by atoms with Gasteiger partial charge in [-0.1, -0.05) is 18.2 Å². The van der Waals surface area contributed by atoms with Crippen LogP contribution in [-0.2, 0) is 15.7 Å². The minimum absolute atomic E-state index is 0.0702. The summed E-state index contributed by atoms with van der Waals surface area (Å²) >= 11 is 0. The van der Waals surface area contributed by atoms with Crippen LogP contribution >= 0.6 is 0 Å². The van der Waals surface area contributed by atoms with E-state index in [1.54, 1.807) is 6.92 Å². The Kier molecular flexibility index (Phi) is 4.11. The largest absolute Gasteiger partial charge is 0.465 e. The third kappa shape index (κ3) is 3.20. The standard InChI is InChI=1S/C11H12F3NO2/c1-2-17-10(16)9(15)7-5-3-4-6-8(7)11(12,13)14/h3-6,9H,2,15H2,1H3. The van der Waals surface area contributed by atoms with E-state index in [1.165, 1.54) is 18.2 Å². The van der Waals surface area contributed by atoms with Crippen molar-refractivity contribution in [1.29, 1.82) is 0 Å². The Morgan fingerprint density at radius 1 is 1.41 bits per heavy atom. The summed E-state index contributed by atoms with van der Waals surface area (Å²) in [6.07, 6.45) is -4.54. The monoisotopic (exact) mass is 247 g/mol. The molecule has 17 heavy (non-hydrogen) atoms. The lowest BCUT2D eigenvalue weighted by molar-refractivity contribution is -0.146. The highest BCUT2D eigenvalue weighted by Gasteiger charge is 2.35. The van der Waals surface area contributed by atoms with Gasteiger partial charge >= 0.3 is 12.1 Å². The van der Waals surface area contributed by atoms with Gasteiger partial charge in [-0.15, -0.1) is 0 Å². The summed E-state index contributed by atoms with van der Waals surface area (Å²) in [5.74, 6) is -0.871. The predicted molar refractivity (Wildman–Crippen MR) is 55.0 cm³/mol. The Labute approximate surface area is 96.4 Å². The number of rotatable bonds is 3. The van der Waals surface area contributed by atoms with E-state index in [4.69, 9.17) is 5.73 Å². The van der Waals surface area contributed by atoms with Gasteiger partial charge in [0.2, 0.25) is 0 Å². The van der Waals surface area contributed by atoms with Crippen LogP contribution < -0.4 is 5.73 Å². The SMILES string of the molecule is CCOC(=O)C(N)c1ccccc1C(F)(F)F. The minimum Gasteiger partial charge on any atom is -0.465 e. The lowest BCUT2D eigenvalue weighted by Gasteiger charge is -2.16. The summed E-state index contributed by atoms with van der Waals surface area (Å²) in [5.41, 5.74) is 4.25. The zero-order valence-electron chi connectivity index (χ0n) is 9.12. The van der Waals surface area contributed by atoms with Crippen molar-refractivity contribution < 1.29 is 22.7 Å². The molecular weight excluding hydrogens is 235 g/mol. The predicted octanol–water partition coefficient (Wildman–Crippen LogP) is 2.27. The quantitative estimate of drug-likeness (QED) is 0.833. The van der Waals surface area contributed by atoms with Gasteiger partial charge in [0, 0.05) is 0 Å². The number of esters is 1. The van der Waals surface area contributed by atoms with E-state index in [2.05, 4.69) is 4.74 Å². The molecule has 0 bridgehead atoms. The maximum absolute atomic E-state index is 12.7. The molecule has 0 aliphatic carbocycles. The van der Waals surface area contributed by atoms with Crippen LogP contribution in [-0.4, -0.2) is 12.6 Å². The first kappa shape index (κ1) is 13.5. The van der Waals surface area contributed by atoms with E-state index in [1.807, 2.05) is 0 Å². The fourth-order valence-electron chi connectivity index (χ4n) is 1.39. The van der Waals surface area contributed by atoms with Gasteiger partial charge in [0.1, 0.15) is 6.04 Å². The van der Waals surface area contributed by atoms with E-state index < -0.39 is 23.8 Å². The Morgan fingerprint density at radius 2 is 2.00 bits per heavy atom. The van der Waals surface area contributed by atoms with Crippen LogP contribution in [0.25, 0.3) is 0 Å². The maximum atomic E-state index is 12.7. The molecule has 2 N–H and O–H groups in total. The average molecular weight is 247 g/mol. The number of ether oxygens (including phenoxy) is 1. The Morgan fingerprint density at radius 3 is 2.53 bits per heavy atom. The molecule has 0 saturated carbocycles. The number of alkyl halides is 3. The lowest BCUT2D eigenvalue weighted by Crippen LogP contribution is -2.26. The molecule has 1 rings (SSSR count). The molecule has 0 aliphatic rings. The molecule has 3 nitrogen and oxygen atoms in total. The first-order valence-corrected chi connectivity index (χ1v) is 4.96. The Bertz CT molecular complexity index is 404. The highest BCUT2D eigenvalue weighted by molar-refractivity contribution is 5.78. The molecular formula is C11H12F3NO2. The topological polar surface area (TPSA) is 52.3 Å². The Hall–Kier alpha value is -1.56. The molecule has 0 aliphatic heterocycles. The molecule has 0 saturated heterocycles. The number of hydrogen-bond acceptors (Lipinski definition) is 3. The number of carbonyl (C=O) groups excluding carboxylic acids is 1. The summed E-state index contributed by atoms with van der Waals surface area (Å²) in [5, 5.41) is 0. The highest BCUT2D eigenvalue weighted by atomic mass is 19.4. The van der Waals surface area contributed by atoms with Gasteiger partial charge in [0.25, 0.3) is 0 Å². The van der Waals surface area contributed by atoms with Gasteiger partial charge in [-0.2, -0.15) is 13.2 Å². The molecule has 0 fully saturated rings. The van der Waals surface area contributed by atoms with Crippen LogP contribution in [0.5, 0.6) is 0 Å². The molecule has 0 spiro atoms. The van der Waals surface area contributed by atoms with Crippen molar-refractivity contribution >= 4 is 5.97 Å². The Balaban J connectivity index is 3.09. The van der Waals surface area contributed by atoms with Gasteiger partial charge in [-0.05, 0) is 18.6 Å². The van der Waals surface area contributed by atoms with Crippen molar-refractivity contribution in [2.75, 3.05) is 6.61 Å². The fraction of sp³-hybridized carbons (Fsp3) is 0.364. The summed E-state index contributed by atoms with van der Waals surface area (Å²) in [7, 11) is 0. The van der Waals surface area contributed by atoms with Crippen LogP contribution in [0.3, 0.4) is 0 Å². The van der Waals surface area contributed by atoms with Gasteiger partial charge in [-0.25, -0.2) is 4.79 Å². The normalized spacial score (nSPS) is 13.2. The van der Waals surface area contributed by atoms with Gasteiger partial charge in [0.15, 0.2) is 0 Å². The zero-order chi connectivity index (χ0) is 13.1. The first-order valence-electron chi connectivity index (χ1n) is 4.96. The van der Waals surface area contributed by atoms with Gasteiger partial charge in [0.05, 0.1) is 12.2 Å². The molecule has 0 radical (unpaired) electrons. The summed E-state index contributed by atoms with van der Waals surface area (Å²) in [6.45, 7) is 1.63. The van der Waals surface area contributed by atoms with Crippen molar-refractivity contribution in [1.82, 2.24) is 0 Å². The van der Waals surface area contributed by atoms with E-state index in [0.717, 1.165) is 6.07 Å². The zero-order valence-corrected chi connectivity index (χ0v) is 9.12. The molecule has 6 heteroatoms. The fourth-order valence-corrected chi connectivity index (χ4v) is 1.39. The first-order chi connectivity index (χ1) is 7.88.